The molecule has 0 bridgehead atoms. The van der Waals surface area contributed by atoms with Gasteiger partial charge >= 0.3 is 0 Å². The molecule has 21 heavy (non-hydrogen) atoms. The van der Waals surface area contributed by atoms with Crippen molar-refractivity contribution in [3.05, 3.63) is 59.0 Å². The Morgan fingerprint density at radius 1 is 1.33 bits per heavy atom. The van der Waals surface area contributed by atoms with Crippen molar-refractivity contribution in [3.63, 3.8) is 0 Å². The fraction of sp³-hybridized carbons (Fsp3) is 0.312. The van der Waals surface area contributed by atoms with Crippen molar-refractivity contribution in [1.82, 2.24) is 10.2 Å². The van der Waals surface area contributed by atoms with Gasteiger partial charge in [-0.1, -0.05) is 30.3 Å². The molecule has 2 aromatic rings. The lowest BCUT2D eigenvalue weighted by atomic mass is 10.2. The topological polar surface area (TPSA) is 45.5 Å². The van der Waals surface area contributed by atoms with Crippen molar-refractivity contribution in [2.45, 2.75) is 19.0 Å². The predicted molar refractivity (Wildman–Crippen MR) is 81.3 cm³/mol. The average Bonchev–Trinajstić information content (AvgIpc) is 3.09. The van der Waals surface area contributed by atoms with E-state index in [2.05, 4.69) is 22.3 Å². The van der Waals surface area contributed by atoms with Gasteiger partial charge in [0, 0.05) is 25.7 Å². The fourth-order valence-electron chi connectivity index (χ4n) is 2.65. The van der Waals surface area contributed by atoms with Crippen LogP contribution in [-0.4, -0.2) is 29.9 Å². The van der Waals surface area contributed by atoms with E-state index in [1.54, 1.807) is 6.07 Å². The van der Waals surface area contributed by atoms with Gasteiger partial charge in [-0.2, -0.15) is 0 Å². The molecule has 0 saturated carbocycles. The number of carbonyl (C=O) groups is 1. The first-order valence-corrected chi connectivity index (χ1v) is 7.40. The maximum Gasteiger partial charge on any atom is 0.256 e. The largest absolute Gasteiger partial charge is 0.452 e. The number of rotatable bonds is 4. The first kappa shape index (κ1) is 14.2. The summed E-state index contributed by atoms with van der Waals surface area (Å²) in [6.45, 7) is 2.76. The third-order valence-corrected chi connectivity index (χ3v) is 4.01. The molecule has 0 spiro atoms. The second-order valence-electron chi connectivity index (χ2n) is 5.29. The molecule has 1 N–H and O–H groups in total. The maximum absolute atomic E-state index is 12.1. The van der Waals surface area contributed by atoms with E-state index in [1.807, 2.05) is 18.2 Å². The van der Waals surface area contributed by atoms with Gasteiger partial charge in [0.25, 0.3) is 5.91 Å². The van der Waals surface area contributed by atoms with E-state index >= 15 is 0 Å². The Kier molecular flexibility index (Phi) is 4.27. The Hall–Kier alpha value is -1.78. The third-order valence-electron chi connectivity index (χ3n) is 3.72. The summed E-state index contributed by atoms with van der Waals surface area (Å²) in [6.07, 6.45) is 2.38. The summed E-state index contributed by atoms with van der Waals surface area (Å²) in [6, 6.07) is 12.1. The number of hydrogen-bond acceptors (Lipinski definition) is 3. The number of hydrogen-bond donors (Lipinski definition) is 1. The molecule has 5 heteroatoms. The molecule has 1 saturated heterocycles. The molecular weight excluding hydrogens is 288 g/mol. The summed E-state index contributed by atoms with van der Waals surface area (Å²) >= 11 is 5.82. The number of furan rings is 1. The summed E-state index contributed by atoms with van der Waals surface area (Å²) in [5.74, 6) is -0.166. The summed E-state index contributed by atoms with van der Waals surface area (Å²) < 4.78 is 4.94. The van der Waals surface area contributed by atoms with Gasteiger partial charge in [0.15, 0.2) is 0 Å². The fourth-order valence-corrected chi connectivity index (χ4v) is 2.85. The van der Waals surface area contributed by atoms with Gasteiger partial charge < -0.3 is 9.73 Å². The number of amides is 1. The lowest BCUT2D eigenvalue weighted by Crippen LogP contribution is -2.36. The number of nitrogens with zero attached hydrogens (tertiary/aromatic N) is 1. The molecular formula is C16H17ClN2O2. The molecule has 1 aliphatic rings. The van der Waals surface area contributed by atoms with Crippen LogP contribution < -0.4 is 5.32 Å². The Bertz CT molecular complexity index is 612. The van der Waals surface area contributed by atoms with Crippen LogP contribution in [0.4, 0.5) is 0 Å². The number of halogens is 1. The van der Waals surface area contributed by atoms with Gasteiger partial charge in [-0.25, -0.2) is 0 Å². The van der Waals surface area contributed by atoms with Gasteiger partial charge in [-0.3, -0.25) is 9.69 Å². The first-order valence-electron chi connectivity index (χ1n) is 7.02. The Morgan fingerprint density at radius 2 is 2.14 bits per heavy atom. The molecule has 2 heterocycles. The third kappa shape index (κ3) is 3.46. The molecule has 1 aromatic carbocycles. The van der Waals surface area contributed by atoms with Crippen LogP contribution in [0.5, 0.6) is 0 Å². The smallest absolute Gasteiger partial charge is 0.256 e. The lowest BCUT2D eigenvalue weighted by molar-refractivity contribution is 0.0937. The van der Waals surface area contributed by atoms with E-state index in [4.69, 9.17) is 16.0 Å². The summed E-state index contributed by atoms with van der Waals surface area (Å²) in [4.78, 5) is 14.4. The highest BCUT2D eigenvalue weighted by Gasteiger charge is 2.25. The lowest BCUT2D eigenvalue weighted by Gasteiger charge is -2.16. The molecule has 3 rings (SSSR count). The molecule has 1 fully saturated rings. The number of nitrogens with one attached hydrogen (secondary N) is 1. The van der Waals surface area contributed by atoms with E-state index in [0.29, 0.717) is 5.56 Å². The standard InChI is InChI=1S/C16H17ClN2O2/c17-15-14(7-9-21-15)16(20)18-13-6-8-19(11-13)10-12-4-2-1-3-5-12/h1-5,7,9,13H,6,8,10-11H2,(H,18,20). The van der Waals surface area contributed by atoms with Gasteiger partial charge in [0.1, 0.15) is 0 Å². The molecule has 1 aromatic heterocycles. The zero-order chi connectivity index (χ0) is 14.7. The molecule has 0 aliphatic carbocycles. The maximum atomic E-state index is 12.1. The summed E-state index contributed by atoms with van der Waals surface area (Å²) in [7, 11) is 0. The van der Waals surface area contributed by atoms with Crippen LogP contribution >= 0.6 is 11.6 Å². The van der Waals surface area contributed by atoms with Crippen molar-refractivity contribution in [2.75, 3.05) is 13.1 Å². The molecule has 110 valence electrons. The Balaban J connectivity index is 1.53. The minimum absolute atomic E-state index is 0.145. The van der Waals surface area contributed by atoms with E-state index in [9.17, 15) is 4.79 Å². The van der Waals surface area contributed by atoms with E-state index in [1.165, 1.54) is 11.8 Å². The SMILES string of the molecule is O=C(NC1CCN(Cc2ccccc2)C1)c1ccoc1Cl. The Labute approximate surface area is 128 Å². The molecule has 0 radical (unpaired) electrons. The van der Waals surface area contributed by atoms with Crippen molar-refractivity contribution >= 4 is 17.5 Å². The number of carbonyl (C=O) groups excluding carboxylic acids is 1. The highest BCUT2D eigenvalue weighted by atomic mass is 35.5. The first-order chi connectivity index (χ1) is 10.2. The zero-order valence-electron chi connectivity index (χ0n) is 11.6. The Morgan fingerprint density at radius 3 is 2.86 bits per heavy atom. The average molecular weight is 305 g/mol. The van der Waals surface area contributed by atoms with Gasteiger partial charge in [-0.15, -0.1) is 0 Å². The number of benzene rings is 1. The molecule has 4 nitrogen and oxygen atoms in total. The van der Waals surface area contributed by atoms with Crippen molar-refractivity contribution in [3.8, 4) is 0 Å². The predicted octanol–water partition coefficient (Wildman–Crippen LogP) is 2.94. The minimum atomic E-state index is -0.166. The van der Waals surface area contributed by atoms with Crippen molar-refractivity contribution < 1.29 is 9.21 Å². The van der Waals surface area contributed by atoms with Gasteiger partial charge in [0.2, 0.25) is 5.22 Å². The van der Waals surface area contributed by atoms with Crippen LogP contribution in [0.3, 0.4) is 0 Å². The normalized spacial score (nSPS) is 18.8. The monoisotopic (exact) mass is 304 g/mol. The quantitative estimate of drug-likeness (QED) is 0.944. The molecule has 1 aliphatic heterocycles. The molecule has 1 unspecified atom stereocenters. The molecule has 1 atom stereocenters. The zero-order valence-corrected chi connectivity index (χ0v) is 12.3. The second-order valence-corrected chi connectivity index (χ2v) is 5.63. The van der Waals surface area contributed by atoms with Crippen molar-refractivity contribution in [2.24, 2.45) is 0 Å². The van der Waals surface area contributed by atoms with Crippen LogP contribution in [-0.2, 0) is 6.54 Å². The highest BCUT2D eigenvalue weighted by Crippen LogP contribution is 2.18. The van der Waals surface area contributed by atoms with E-state index in [-0.39, 0.29) is 17.2 Å². The van der Waals surface area contributed by atoms with Crippen LogP contribution in [0.25, 0.3) is 0 Å². The molecule has 1 amide bonds. The van der Waals surface area contributed by atoms with E-state index < -0.39 is 0 Å². The van der Waals surface area contributed by atoms with E-state index in [0.717, 1.165) is 26.1 Å². The van der Waals surface area contributed by atoms with Gasteiger partial charge in [-0.05, 0) is 29.7 Å². The highest BCUT2D eigenvalue weighted by molar-refractivity contribution is 6.32. The van der Waals surface area contributed by atoms with Crippen LogP contribution in [0.15, 0.2) is 47.1 Å². The minimum Gasteiger partial charge on any atom is -0.452 e. The summed E-state index contributed by atoms with van der Waals surface area (Å²) in [5.41, 5.74) is 1.69. The van der Waals surface area contributed by atoms with Crippen molar-refractivity contribution in [1.29, 1.82) is 0 Å². The van der Waals surface area contributed by atoms with Gasteiger partial charge in [0.05, 0.1) is 11.8 Å². The van der Waals surface area contributed by atoms with Crippen LogP contribution in [0, 0.1) is 0 Å². The van der Waals surface area contributed by atoms with Crippen LogP contribution in [0.1, 0.15) is 22.3 Å². The summed E-state index contributed by atoms with van der Waals surface area (Å²) in [5, 5.41) is 3.16. The number of likely N-dealkylation sites (tertiary alicyclic amines) is 1. The van der Waals surface area contributed by atoms with Crippen LogP contribution in [0.2, 0.25) is 5.22 Å². The second kappa shape index (κ2) is 6.33.